The van der Waals surface area contributed by atoms with Crippen molar-refractivity contribution in [1.82, 2.24) is 5.32 Å². The summed E-state index contributed by atoms with van der Waals surface area (Å²) in [6.45, 7) is 8.98. The van der Waals surface area contributed by atoms with Crippen LogP contribution in [0.2, 0.25) is 0 Å². The van der Waals surface area contributed by atoms with Crippen LogP contribution in [0.15, 0.2) is 36.4 Å². The van der Waals surface area contributed by atoms with E-state index in [9.17, 15) is 4.39 Å². The average molecular weight is 271 g/mol. The van der Waals surface area contributed by atoms with Crippen LogP contribution < -0.4 is 5.32 Å². The molecule has 0 fully saturated rings. The number of aryl methyl sites for hydroxylation is 2. The molecule has 1 nitrogen and oxygen atoms in total. The third kappa shape index (κ3) is 3.45. The first-order valence-corrected chi connectivity index (χ1v) is 7.07. The van der Waals surface area contributed by atoms with Crippen LogP contribution in [-0.2, 0) is 6.54 Å². The Balaban J connectivity index is 2.42. The van der Waals surface area contributed by atoms with Gasteiger partial charge in [0, 0.05) is 12.6 Å². The van der Waals surface area contributed by atoms with Crippen molar-refractivity contribution in [2.24, 2.45) is 0 Å². The number of benzene rings is 2. The molecule has 0 aliphatic heterocycles. The van der Waals surface area contributed by atoms with Gasteiger partial charge in [0.2, 0.25) is 0 Å². The summed E-state index contributed by atoms with van der Waals surface area (Å²) in [7, 11) is 0. The lowest BCUT2D eigenvalue weighted by Gasteiger charge is -2.14. The van der Waals surface area contributed by atoms with Gasteiger partial charge < -0.3 is 5.32 Å². The number of hydrogen-bond acceptors (Lipinski definition) is 1. The lowest BCUT2D eigenvalue weighted by Crippen LogP contribution is -2.22. The Morgan fingerprint density at radius 2 is 1.80 bits per heavy atom. The van der Waals surface area contributed by atoms with Crippen molar-refractivity contribution in [2.75, 3.05) is 0 Å². The van der Waals surface area contributed by atoms with Gasteiger partial charge in [0.05, 0.1) is 0 Å². The monoisotopic (exact) mass is 271 g/mol. The molecule has 0 aromatic heterocycles. The molecule has 1 N–H and O–H groups in total. The van der Waals surface area contributed by atoms with Gasteiger partial charge in [0.25, 0.3) is 0 Å². The Morgan fingerprint density at radius 3 is 2.45 bits per heavy atom. The van der Waals surface area contributed by atoms with Crippen molar-refractivity contribution in [3.63, 3.8) is 0 Å². The third-order valence-corrected chi connectivity index (χ3v) is 3.44. The third-order valence-electron chi connectivity index (χ3n) is 3.44. The lowest BCUT2D eigenvalue weighted by molar-refractivity contribution is 0.589. The van der Waals surface area contributed by atoms with Gasteiger partial charge in [0.15, 0.2) is 0 Å². The predicted octanol–water partition coefficient (Wildman–Crippen LogP) is 4.61. The Bertz CT molecular complexity index is 602. The van der Waals surface area contributed by atoms with E-state index in [2.05, 4.69) is 44.3 Å². The van der Waals surface area contributed by atoms with Gasteiger partial charge in [-0.1, -0.05) is 43.7 Å². The molecule has 0 bridgehead atoms. The summed E-state index contributed by atoms with van der Waals surface area (Å²) in [6, 6.07) is 12.2. The van der Waals surface area contributed by atoms with Gasteiger partial charge in [-0.05, 0) is 48.2 Å². The highest BCUT2D eigenvalue weighted by Gasteiger charge is 2.08. The second-order valence-corrected chi connectivity index (χ2v) is 5.66. The maximum Gasteiger partial charge on any atom is 0.126 e. The molecule has 0 radical (unpaired) electrons. The second kappa shape index (κ2) is 6.19. The highest BCUT2D eigenvalue weighted by Crippen LogP contribution is 2.26. The molecule has 0 heterocycles. The van der Waals surface area contributed by atoms with Gasteiger partial charge in [-0.2, -0.15) is 0 Å². The number of hydrogen-bond donors (Lipinski definition) is 1. The fourth-order valence-electron chi connectivity index (χ4n) is 2.24. The molecule has 0 saturated carbocycles. The van der Waals surface area contributed by atoms with Crippen molar-refractivity contribution >= 4 is 0 Å². The molecule has 0 aliphatic rings. The molecule has 2 aromatic rings. The molecule has 0 amide bonds. The summed E-state index contributed by atoms with van der Waals surface area (Å²) in [6.07, 6.45) is 0. The maximum absolute atomic E-state index is 13.4. The van der Waals surface area contributed by atoms with Gasteiger partial charge in [0.1, 0.15) is 5.82 Å². The van der Waals surface area contributed by atoms with Crippen molar-refractivity contribution in [3.05, 3.63) is 58.9 Å². The lowest BCUT2D eigenvalue weighted by atomic mass is 9.96. The zero-order valence-electron chi connectivity index (χ0n) is 12.6. The molecule has 0 atom stereocenters. The molecule has 20 heavy (non-hydrogen) atoms. The molecule has 0 unspecified atom stereocenters. The van der Waals surface area contributed by atoms with E-state index in [1.165, 1.54) is 16.7 Å². The van der Waals surface area contributed by atoms with Crippen molar-refractivity contribution < 1.29 is 4.39 Å². The first-order valence-electron chi connectivity index (χ1n) is 7.07. The minimum Gasteiger partial charge on any atom is -0.310 e. The zero-order valence-corrected chi connectivity index (χ0v) is 12.6. The summed E-state index contributed by atoms with van der Waals surface area (Å²) < 4.78 is 13.4. The molecule has 2 heteroatoms. The molecule has 0 saturated heterocycles. The van der Waals surface area contributed by atoms with Crippen molar-refractivity contribution in [2.45, 2.75) is 40.3 Å². The van der Waals surface area contributed by atoms with E-state index in [1.807, 2.05) is 12.1 Å². The normalized spacial score (nSPS) is 11.1. The van der Waals surface area contributed by atoms with Crippen LogP contribution >= 0.6 is 0 Å². The van der Waals surface area contributed by atoms with Crippen LogP contribution in [0.25, 0.3) is 11.1 Å². The fraction of sp³-hybridized carbons (Fsp3) is 0.333. The first-order chi connectivity index (χ1) is 9.47. The SMILES string of the molecule is Cc1ccc(CNC(C)C)c(-c2ccc(F)c(C)c2)c1. The van der Waals surface area contributed by atoms with Crippen LogP contribution in [0, 0.1) is 19.7 Å². The number of nitrogens with one attached hydrogen (secondary N) is 1. The van der Waals surface area contributed by atoms with E-state index in [0.29, 0.717) is 11.6 Å². The molecular weight excluding hydrogens is 249 g/mol. The number of rotatable bonds is 4. The Kier molecular flexibility index (Phi) is 4.56. The summed E-state index contributed by atoms with van der Waals surface area (Å²) >= 11 is 0. The molecule has 0 aliphatic carbocycles. The standard InChI is InChI=1S/C18H22FN/c1-12(2)20-11-16-6-5-13(3)9-17(16)15-7-8-18(19)14(4)10-15/h5-10,12,20H,11H2,1-4H3. The minimum atomic E-state index is -0.150. The van der Waals surface area contributed by atoms with Crippen LogP contribution in [0.1, 0.15) is 30.5 Å². The van der Waals surface area contributed by atoms with Crippen LogP contribution in [-0.4, -0.2) is 6.04 Å². The number of halogens is 1. The predicted molar refractivity (Wildman–Crippen MR) is 83.3 cm³/mol. The van der Waals surface area contributed by atoms with Gasteiger partial charge in [-0.15, -0.1) is 0 Å². The molecule has 2 aromatic carbocycles. The van der Waals surface area contributed by atoms with Gasteiger partial charge in [-0.3, -0.25) is 0 Å². The summed E-state index contributed by atoms with van der Waals surface area (Å²) in [4.78, 5) is 0. The maximum atomic E-state index is 13.4. The summed E-state index contributed by atoms with van der Waals surface area (Å²) in [5.41, 5.74) is 5.41. The van der Waals surface area contributed by atoms with Crippen LogP contribution in [0.4, 0.5) is 4.39 Å². The average Bonchev–Trinajstić information content (AvgIpc) is 2.40. The Morgan fingerprint density at radius 1 is 1.05 bits per heavy atom. The van der Waals surface area contributed by atoms with Crippen molar-refractivity contribution in [3.8, 4) is 11.1 Å². The molecular formula is C18H22FN. The highest BCUT2D eigenvalue weighted by atomic mass is 19.1. The van der Waals surface area contributed by atoms with E-state index in [-0.39, 0.29) is 5.82 Å². The van der Waals surface area contributed by atoms with Crippen molar-refractivity contribution in [1.29, 1.82) is 0 Å². The van der Waals surface area contributed by atoms with E-state index >= 15 is 0 Å². The van der Waals surface area contributed by atoms with Gasteiger partial charge >= 0.3 is 0 Å². The zero-order chi connectivity index (χ0) is 14.7. The second-order valence-electron chi connectivity index (χ2n) is 5.66. The smallest absolute Gasteiger partial charge is 0.126 e. The van der Waals surface area contributed by atoms with E-state index in [0.717, 1.165) is 12.1 Å². The summed E-state index contributed by atoms with van der Waals surface area (Å²) in [5.74, 6) is -0.150. The van der Waals surface area contributed by atoms with E-state index in [1.54, 1.807) is 13.0 Å². The fourth-order valence-corrected chi connectivity index (χ4v) is 2.24. The van der Waals surface area contributed by atoms with Gasteiger partial charge in [-0.25, -0.2) is 4.39 Å². The topological polar surface area (TPSA) is 12.0 Å². The molecule has 2 rings (SSSR count). The minimum absolute atomic E-state index is 0.150. The molecule has 0 spiro atoms. The van der Waals surface area contributed by atoms with E-state index in [4.69, 9.17) is 0 Å². The van der Waals surface area contributed by atoms with Crippen LogP contribution in [0.5, 0.6) is 0 Å². The van der Waals surface area contributed by atoms with Crippen LogP contribution in [0.3, 0.4) is 0 Å². The highest BCUT2D eigenvalue weighted by molar-refractivity contribution is 5.68. The van der Waals surface area contributed by atoms with E-state index < -0.39 is 0 Å². The Labute approximate surface area is 120 Å². The quantitative estimate of drug-likeness (QED) is 0.856. The Hall–Kier alpha value is -1.67. The summed E-state index contributed by atoms with van der Waals surface area (Å²) in [5, 5.41) is 3.44. The molecule has 106 valence electrons. The first kappa shape index (κ1) is 14.7. The largest absolute Gasteiger partial charge is 0.310 e.